The SMILES string of the molecule is CNc1nc(CN2CCCC(C(=O)c3cccc4ccccc34)C2)cs1. The Hall–Kier alpha value is -2.24. The average Bonchev–Trinajstić information content (AvgIpc) is 3.15. The van der Waals surface area contributed by atoms with Gasteiger partial charge in [-0.1, -0.05) is 42.5 Å². The van der Waals surface area contributed by atoms with Crippen molar-refractivity contribution in [3.05, 3.63) is 59.1 Å². The molecule has 4 rings (SSSR count). The van der Waals surface area contributed by atoms with Gasteiger partial charge in [0.1, 0.15) is 0 Å². The van der Waals surface area contributed by atoms with Crippen LogP contribution in [0.1, 0.15) is 28.9 Å². The molecule has 2 aromatic carbocycles. The van der Waals surface area contributed by atoms with Gasteiger partial charge < -0.3 is 5.32 Å². The van der Waals surface area contributed by atoms with Crippen molar-refractivity contribution in [3.8, 4) is 0 Å². The fourth-order valence-electron chi connectivity index (χ4n) is 3.80. The number of rotatable bonds is 5. The number of benzene rings is 2. The van der Waals surface area contributed by atoms with E-state index in [0.717, 1.165) is 59.6 Å². The van der Waals surface area contributed by atoms with E-state index in [9.17, 15) is 4.79 Å². The van der Waals surface area contributed by atoms with E-state index in [2.05, 4.69) is 38.8 Å². The lowest BCUT2D eigenvalue weighted by Gasteiger charge is -2.31. The molecule has 1 aromatic heterocycles. The molecule has 1 aliphatic heterocycles. The van der Waals surface area contributed by atoms with Crippen LogP contribution in [0.5, 0.6) is 0 Å². The predicted molar refractivity (Wildman–Crippen MR) is 108 cm³/mol. The van der Waals surface area contributed by atoms with E-state index in [-0.39, 0.29) is 11.7 Å². The number of ketones is 1. The Bertz CT molecular complexity index is 915. The molecule has 0 aliphatic carbocycles. The second-order valence-electron chi connectivity index (χ2n) is 6.86. The third-order valence-electron chi connectivity index (χ3n) is 5.08. The molecule has 2 heterocycles. The summed E-state index contributed by atoms with van der Waals surface area (Å²) in [5.41, 5.74) is 1.94. The molecule has 1 atom stereocenters. The first kappa shape index (κ1) is 17.2. The van der Waals surface area contributed by atoms with Gasteiger partial charge in [0, 0.05) is 37.0 Å². The van der Waals surface area contributed by atoms with Crippen molar-refractivity contribution in [3.63, 3.8) is 0 Å². The molecule has 26 heavy (non-hydrogen) atoms. The van der Waals surface area contributed by atoms with Gasteiger partial charge in [0.15, 0.2) is 10.9 Å². The van der Waals surface area contributed by atoms with Crippen LogP contribution in [0, 0.1) is 5.92 Å². The maximum atomic E-state index is 13.2. The number of nitrogens with zero attached hydrogens (tertiary/aromatic N) is 2. The van der Waals surface area contributed by atoms with Gasteiger partial charge >= 0.3 is 0 Å². The lowest BCUT2D eigenvalue weighted by molar-refractivity contribution is 0.0812. The number of hydrogen-bond donors (Lipinski definition) is 1. The molecule has 1 saturated heterocycles. The molecule has 1 N–H and O–H groups in total. The number of likely N-dealkylation sites (tertiary alicyclic amines) is 1. The molecule has 0 radical (unpaired) electrons. The van der Waals surface area contributed by atoms with Crippen LogP contribution in [0.15, 0.2) is 47.8 Å². The van der Waals surface area contributed by atoms with Gasteiger partial charge in [0.05, 0.1) is 5.69 Å². The molecule has 0 bridgehead atoms. The summed E-state index contributed by atoms with van der Waals surface area (Å²) < 4.78 is 0. The second kappa shape index (κ2) is 7.56. The summed E-state index contributed by atoms with van der Waals surface area (Å²) in [5, 5.41) is 8.33. The van der Waals surface area contributed by atoms with Crippen LogP contribution in [0.3, 0.4) is 0 Å². The van der Waals surface area contributed by atoms with Gasteiger partial charge in [0.2, 0.25) is 0 Å². The highest BCUT2D eigenvalue weighted by molar-refractivity contribution is 7.13. The number of fused-ring (bicyclic) bond motifs is 1. The van der Waals surface area contributed by atoms with E-state index in [1.807, 2.05) is 31.3 Å². The van der Waals surface area contributed by atoms with Gasteiger partial charge in [-0.2, -0.15) is 0 Å². The van der Waals surface area contributed by atoms with Crippen molar-refractivity contribution in [1.29, 1.82) is 0 Å². The molecule has 1 aliphatic rings. The highest BCUT2D eigenvalue weighted by atomic mass is 32.1. The van der Waals surface area contributed by atoms with Crippen LogP contribution >= 0.6 is 11.3 Å². The number of anilines is 1. The molecular weight excluding hydrogens is 342 g/mol. The molecule has 0 saturated carbocycles. The maximum absolute atomic E-state index is 13.2. The Morgan fingerprint density at radius 1 is 1.27 bits per heavy atom. The van der Waals surface area contributed by atoms with Gasteiger partial charge in [-0.3, -0.25) is 9.69 Å². The summed E-state index contributed by atoms with van der Waals surface area (Å²) in [5.74, 6) is 0.345. The van der Waals surface area contributed by atoms with Crippen LogP contribution in [0.2, 0.25) is 0 Å². The lowest BCUT2D eigenvalue weighted by Crippen LogP contribution is -2.38. The fraction of sp³-hybridized carbons (Fsp3) is 0.333. The summed E-state index contributed by atoms with van der Waals surface area (Å²) in [7, 11) is 1.89. The first-order valence-electron chi connectivity index (χ1n) is 9.11. The molecule has 1 unspecified atom stereocenters. The number of Topliss-reactive ketones (excluding diaryl/α,β-unsaturated/α-hetero) is 1. The summed E-state index contributed by atoms with van der Waals surface area (Å²) in [6, 6.07) is 14.2. The quantitative estimate of drug-likeness (QED) is 0.679. The van der Waals surface area contributed by atoms with Gasteiger partial charge in [-0.15, -0.1) is 11.3 Å². The molecule has 134 valence electrons. The molecule has 0 amide bonds. The number of nitrogens with one attached hydrogen (secondary N) is 1. The summed E-state index contributed by atoms with van der Waals surface area (Å²) >= 11 is 1.63. The lowest BCUT2D eigenvalue weighted by atomic mass is 9.88. The number of aromatic nitrogens is 1. The Morgan fingerprint density at radius 3 is 2.96 bits per heavy atom. The zero-order valence-electron chi connectivity index (χ0n) is 14.9. The Morgan fingerprint density at radius 2 is 2.12 bits per heavy atom. The van der Waals surface area contributed by atoms with Crippen molar-refractivity contribution in [2.24, 2.45) is 5.92 Å². The largest absolute Gasteiger partial charge is 0.365 e. The van der Waals surface area contributed by atoms with Gasteiger partial charge in [-0.25, -0.2) is 4.98 Å². The third-order valence-corrected chi connectivity index (χ3v) is 5.99. The van der Waals surface area contributed by atoms with Gasteiger partial charge in [0.25, 0.3) is 0 Å². The zero-order valence-corrected chi connectivity index (χ0v) is 15.8. The number of carbonyl (C=O) groups excluding carboxylic acids is 1. The van der Waals surface area contributed by atoms with E-state index in [4.69, 9.17) is 0 Å². The predicted octanol–water partition coefficient (Wildman–Crippen LogP) is 4.43. The Labute approximate surface area is 157 Å². The highest BCUT2D eigenvalue weighted by Crippen LogP contribution is 2.27. The van der Waals surface area contributed by atoms with E-state index in [1.54, 1.807) is 11.3 Å². The van der Waals surface area contributed by atoms with Crippen LogP contribution in [0.4, 0.5) is 5.13 Å². The minimum atomic E-state index is 0.0666. The smallest absolute Gasteiger partial charge is 0.182 e. The van der Waals surface area contributed by atoms with Crippen molar-refractivity contribution < 1.29 is 4.79 Å². The molecule has 4 nitrogen and oxygen atoms in total. The topological polar surface area (TPSA) is 45.2 Å². The monoisotopic (exact) mass is 365 g/mol. The first-order chi connectivity index (χ1) is 12.7. The van der Waals surface area contributed by atoms with Crippen LogP contribution in [-0.2, 0) is 6.54 Å². The summed E-state index contributed by atoms with van der Waals surface area (Å²) in [6.45, 7) is 2.66. The molecule has 5 heteroatoms. The normalized spacial score (nSPS) is 18.1. The number of piperidine rings is 1. The van der Waals surface area contributed by atoms with Crippen molar-refractivity contribution in [2.75, 3.05) is 25.5 Å². The summed E-state index contributed by atoms with van der Waals surface area (Å²) in [6.07, 6.45) is 2.03. The van der Waals surface area contributed by atoms with E-state index in [1.165, 1.54) is 0 Å². The second-order valence-corrected chi connectivity index (χ2v) is 7.72. The molecule has 3 aromatic rings. The number of thiazole rings is 1. The Kier molecular flexibility index (Phi) is 5.00. The first-order valence-corrected chi connectivity index (χ1v) is 9.99. The van der Waals surface area contributed by atoms with Crippen molar-refractivity contribution in [1.82, 2.24) is 9.88 Å². The van der Waals surface area contributed by atoms with E-state index < -0.39 is 0 Å². The molecular formula is C21H23N3OS. The van der Waals surface area contributed by atoms with Gasteiger partial charge in [-0.05, 0) is 30.2 Å². The zero-order chi connectivity index (χ0) is 17.9. The molecule has 0 spiro atoms. The molecule has 1 fully saturated rings. The Balaban J connectivity index is 1.50. The summed E-state index contributed by atoms with van der Waals surface area (Å²) in [4.78, 5) is 20.2. The maximum Gasteiger partial charge on any atom is 0.182 e. The standard InChI is InChI=1S/C21H23N3OS/c1-22-21-23-17(14-26-21)13-24-11-5-8-16(12-24)20(25)19-10-4-7-15-6-2-3-9-18(15)19/h2-4,6-7,9-10,14,16H,5,8,11-13H2,1H3,(H,22,23). The highest BCUT2D eigenvalue weighted by Gasteiger charge is 2.27. The van der Waals surface area contributed by atoms with Crippen LogP contribution in [-0.4, -0.2) is 35.8 Å². The van der Waals surface area contributed by atoms with Crippen LogP contribution in [0.25, 0.3) is 10.8 Å². The number of hydrogen-bond acceptors (Lipinski definition) is 5. The third kappa shape index (κ3) is 3.50. The van der Waals surface area contributed by atoms with Crippen molar-refractivity contribution in [2.45, 2.75) is 19.4 Å². The average molecular weight is 366 g/mol. The fourth-order valence-corrected chi connectivity index (χ4v) is 4.46. The van der Waals surface area contributed by atoms with E-state index >= 15 is 0 Å². The minimum Gasteiger partial charge on any atom is -0.365 e. The van der Waals surface area contributed by atoms with Crippen LogP contribution < -0.4 is 5.32 Å². The van der Waals surface area contributed by atoms with E-state index in [0.29, 0.717) is 0 Å². The minimum absolute atomic E-state index is 0.0666. The number of carbonyl (C=O) groups is 1. The van der Waals surface area contributed by atoms with Crippen molar-refractivity contribution >= 4 is 33.0 Å².